The number of thiophene rings is 1. The van der Waals surface area contributed by atoms with E-state index in [-0.39, 0.29) is 0 Å². The molecule has 1 aromatic carbocycles. The summed E-state index contributed by atoms with van der Waals surface area (Å²) in [5, 5.41) is 2.13. The van der Waals surface area contributed by atoms with Gasteiger partial charge in [-0.1, -0.05) is 6.07 Å². The van der Waals surface area contributed by atoms with Gasteiger partial charge < -0.3 is 10.6 Å². The van der Waals surface area contributed by atoms with Gasteiger partial charge in [0.25, 0.3) is 0 Å². The Balaban J connectivity index is 1.75. The second-order valence-corrected chi connectivity index (χ2v) is 7.05. The third-order valence-electron chi connectivity index (χ3n) is 3.72. The number of rotatable bonds is 4. The van der Waals surface area contributed by atoms with Crippen molar-refractivity contribution in [1.29, 1.82) is 0 Å². The summed E-state index contributed by atoms with van der Waals surface area (Å²) in [6.45, 7) is 0.947. The first-order valence-corrected chi connectivity index (χ1v) is 8.49. The van der Waals surface area contributed by atoms with E-state index in [0.717, 1.165) is 28.1 Å². The molecular formula is C15H15N3S2. The van der Waals surface area contributed by atoms with Gasteiger partial charge in [0, 0.05) is 10.9 Å². The summed E-state index contributed by atoms with van der Waals surface area (Å²) in [4.78, 5) is 8.24. The summed E-state index contributed by atoms with van der Waals surface area (Å²) in [6, 6.07) is 9.23. The third kappa shape index (κ3) is 2.07. The van der Waals surface area contributed by atoms with Crippen LogP contribution in [-0.2, 0) is 6.54 Å². The largest absolute Gasteiger partial charge is 0.395 e. The fourth-order valence-electron chi connectivity index (χ4n) is 2.56. The van der Waals surface area contributed by atoms with Crippen LogP contribution in [0.25, 0.3) is 10.2 Å². The maximum Gasteiger partial charge on any atom is 0.106 e. The van der Waals surface area contributed by atoms with Crippen LogP contribution in [0.4, 0.5) is 11.4 Å². The van der Waals surface area contributed by atoms with E-state index in [1.165, 1.54) is 17.7 Å². The topological polar surface area (TPSA) is 42.1 Å². The van der Waals surface area contributed by atoms with Crippen LogP contribution in [0.3, 0.4) is 0 Å². The van der Waals surface area contributed by atoms with E-state index in [9.17, 15) is 0 Å². The van der Waals surface area contributed by atoms with Gasteiger partial charge >= 0.3 is 0 Å². The highest BCUT2D eigenvalue weighted by molar-refractivity contribution is 7.16. The van der Waals surface area contributed by atoms with Gasteiger partial charge in [0.2, 0.25) is 0 Å². The monoisotopic (exact) mass is 301 g/mol. The zero-order valence-electron chi connectivity index (χ0n) is 11.0. The maximum absolute atomic E-state index is 6.36. The molecule has 2 N–H and O–H groups in total. The van der Waals surface area contributed by atoms with Crippen LogP contribution >= 0.6 is 22.7 Å². The zero-order valence-corrected chi connectivity index (χ0v) is 12.6. The Morgan fingerprint density at radius 1 is 1.25 bits per heavy atom. The molecule has 102 valence electrons. The molecule has 20 heavy (non-hydrogen) atoms. The Hall–Kier alpha value is -1.59. The summed E-state index contributed by atoms with van der Waals surface area (Å²) in [7, 11) is 0. The van der Waals surface area contributed by atoms with E-state index < -0.39 is 0 Å². The van der Waals surface area contributed by atoms with Crippen molar-refractivity contribution in [1.82, 2.24) is 4.98 Å². The molecule has 1 aliphatic rings. The van der Waals surface area contributed by atoms with E-state index in [0.29, 0.717) is 6.04 Å². The second kappa shape index (κ2) is 4.75. The molecule has 3 nitrogen and oxygen atoms in total. The van der Waals surface area contributed by atoms with Gasteiger partial charge in [0.1, 0.15) is 5.52 Å². The van der Waals surface area contributed by atoms with Crippen LogP contribution in [0.5, 0.6) is 0 Å². The molecule has 0 aliphatic heterocycles. The lowest BCUT2D eigenvalue weighted by Gasteiger charge is -2.25. The quantitative estimate of drug-likeness (QED) is 0.737. The molecule has 4 rings (SSSR count). The van der Waals surface area contributed by atoms with Crippen molar-refractivity contribution in [3.05, 3.63) is 40.0 Å². The number of nitrogens with two attached hydrogens (primary N) is 1. The van der Waals surface area contributed by atoms with Crippen LogP contribution in [0.2, 0.25) is 0 Å². The van der Waals surface area contributed by atoms with Crippen LogP contribution in [0.1, 0.15) is 17.7 Å². The smallest absolute Gasteiger partial charge is 0.106 e. The molecule has 5 heteroatoms. The van der Waals surface area contributed by atoms with E-state index in [1.54, 1.807) is 22.7 Å². The number of nitrogens with zero attached hydrogens (tertiary/aromatic N) is 2. The van der Waals surface area contributed by atoms with Gasteiger partial charge in [-0.05, 0) is 36.4 Å². The standard InChI is InChI=1S/C15H15N3S2/c16-14-12(5-6-13-15(14)17-9-20-13)18(10-3-4-10)8-11-2-1-7-19-11/h1-2,5-7,9-10H,3-4,8,16H2. The molecule has 1 fully saturated rings. The van der Waals surface area contributed by atoms with Gasteiger partial charge in [-0.2, -0.15) is 0 Å². The highest BCUT2D eigenvalue weighted by Gasteiger charge is 2.31. The van der Waals surface area contributed by atoms with E-state index in [1.807, 2.05) is 5.51 Å². The van der Waals surface area contributed by atoms with E-state index in [2.05, 4.69) is 39.5 Å². The fraction of sp³-hybridized carbons (Fsp3) is 0.267. The Bertz CT molecular complexity index is 729. The number of aromatic nitrogens is 1. The van der Waals surface area contributed by atoms with E-state index >= 15 is 0 Å². The van der Waals surface area contributed by atoms with Crippen molar-refractivity contribution in [2.45, 2.75) is 25.4 Å². The van der Waals surface area contributed by atoms with Gasteiger partial charge in [-0.3, -0.25) is 0 Å². The predicted molar refractivity (Wildman–Crippen MR) is 87.6 cm³/mol. The Kier molecular flexibility index (Phi) is 2.89. The summed E-state index contributed by atoms with van der Waals surface area (Å²) in [5.74, 6) is 0. The average molecular weight is 301 g/mol. The molecule has 0 spiro atoms. The lowest BCUT2D eigenvalue weighted by molar-refractivity contribution is 0.805. The number of nitrogen functional groups attached to an aromatic ring is 1. The molecule has 0 saturated heterocycles. The summed E-state index contributed by atoms with van der Waals surface area (Å²) in [6.07, 6.45) is 2.53. The molecule has 3 aromatic rings. The van der Waals surface area contributed by atoms with Crippen molar-refractivity contribution >= 4 is 44.3 Å². The molecule has 0 atom stereocenters. The van der Waals surface area contributed by atoms with Crippen molar-refractivity contribution < 1.29 is 0 Å². The van der Waals surface area contributed by atoms with Crippen molar-refractivity contribution in [2.75, 3.05) is 10.6 Å². The highest BCUT2D eigenvalue weighted by atomic mass is 32.1. The van der Waals surface area contributed by atoms with Gasteiger partial charge in [-0.25, -0.2) is 4.98 Å². The van der Waals surface area contributed by atoms with Crippen molar-refractivity contribution in [3.63, 3.8) is 0 Å². The lowest BCUT2D eigenvalue weighted by atomic mass is 10.2. The van der Waals surface area contributed by atoms with Crippen LogP contribution in [0, 0.1) is 0 Å². The summed E-state index contributed by atoms with van der Waals surface area (Å²) in [5.41, 5.74) is 11.1. The average Bonchev–Trinajstić information content (AvgIpc) is 2.97. The Morgan fingerprint density at radius 2 is 2.15 bits per heavy atom. The number of benzene rings is 1. The van der Waals surface area contributed by atoms with Crippen LogP contribution in [0.15, 0.2) is 35.2 Å². The first kappa shape index (κ1) is 12.2. The Labute approximate surface area is 125 Å². The maximum atomic E-state index is 6.36. The predicted octanol–water partition coefficient (Wildman–Crippen LogP) is 4.11. The molecule has 2 aromatic heterocycles. The molecule has 2 heterocycles. The minimum atomic E-state index is 0.635. The first-order valence-electron chi connectivity index (χ1n) is 6.73. The lowest BCUT2D eigenvalue weighted by Crippen LogP contribution is -2.25. The molecule has 0 bridgehead atoms. The number of hydrogen-bond donors (Lipinski definition) is 1. The molecule has 1 aliphatic carbocycles. The molecule has 0 amide bonds. The first-order chi connectivity index (χ1) is 9.83. The summed E-state index contributed by atoms with van der Waals surface area (Å²) >= 11 is 3.45. The van der Waals surface area contributed by atoms with Crippen molar-refractivity contribution in [2.24, 2.45) is 0 Å². The Morgan fingerprint density at radius 3 is 2.90 bits per heavy atom. The second-order valence-electron chi connectivity index (χ2n) is 5.14. The molecule has 0 unspecified atom stereocenters. The van der Waals surface area contributed by atoms with Crippen molar-refractivity contribution in [3.8, 4) is 0 Å². The third-order valence-corrected chi connectivity index (χ3v) is 5.38. The minimum absolute atomic E-state index is 0.635. The number of anilines is 2. The molecule has 0 radical (unpaired) electrons. The summed E-state index contributed by atoms with van der Waals surface area (Å²) < 4.78 is 1.16. The fourth-order valence-corrected chi connectivity index (χ4v) is 3.95. The highest BCUT2D eigenvalue weighted by Crippen LogP contribution is 2.39. The normalized spacial score (nSPS) is 14.8. The molecular weight excluding hydrogens is 286 g/mol. The zero-order chi connectivity index (χ0) is 13.5. The van der Waals surface area contributed by atoms with Gasteiger partial charge in [0.15, 0.2) is 0 Å². The van der Waals surface area contributed by atoms with Crippen LogP contribution in [-0.4, -0.2) is 11.0 Å². The number of thiazole rings is 1. The van der Waals surface area contributed by atoms with Gasteiger partial charge in [-0.15, -0.1) is 22.7 Å². The number of fused-ring (bicyclic) bond motifs is 1. The minimum Gasteiger partial charge on any atom is -0.395 e. The SMILES string of the molecule is Nc1c(N(Cc2cccs2)C2CC2)ccc2scnc12. The van der Waals surface area contributed by atoms with E-state index in [4.69, 9.17) is 5.73 Å². The van der Waals surface area contributed by atoms with Gasteiger partial charge in [0.05, 0.1) is 28.1 Å². The number of hydrogen-bond acceptors (Lipinski definition) is 5. The molecule has 1 saturated carbocycles. The van der Waals surface area contributed by atoms with Crippen LogP contribution < -0.4 is 10.6 Å².